The molecule has 2 aromatic rings. The van der Waals surface area contributed by atoms with Crippen molar-refractivity contribution in [1.29, 1.82) is 0 Å². The molecule has 3 rings (SSSR count). The third-order valence-corrected chi connectivity index (χ3v) is 3.56. The van der Waals surface area contributed by atoms with Crippen molar-refractivity contribution in [2.75, 3.05) is 13.1 Å². The lowest BCUT2D eigenvalue weighted by molar-refractivity contribution is 0.208. The predicted molar refractivity (Wildman–Crippen MR) is 74.7 cm³/mol. The first-order valence-corrected chi connectivity index (χ1v) is 6.80. The fraction of sp³-hybridized carbons (Fsp3) is 0.333. The molecule has 2 heterocycles. The number of halogens is 1. The molecule has 1 aliphatic heterocycles. The van der Waals surface area contributed by atoms with Gasteiger partial charge in [-0.2, -0.15) is 0 Å². The van der Waals surface area contributed by atoms with E-state index in [1.807, 2.05) is 17.0 Å². The number of fused-ring (bicyclic) bond motifs is 1. The van der Waals surface area contributed by atoms with E-state index in [1.54, 1.807) is 12.3 Å². The number of rotatable bonds is 2. The number of likely N-dealkylation sites (tertiary alicyclic amines) is 1. The number of aromatic nitrogens is 1. The van der Waals surface area contributed by atoms with Crippen molar-refractivity contribution in [2.45, 2.75) is 19.4 Å². The average molecular weight is 273 g/mol. The van der Waals surface area contributed by atoms with Gasteiger partial charge in [-0.3, -0.25) is 4.98 Å². The lowest BCUT2D eigenvalue weighted by Gasteiger charge is -2.16. The lowest BCUT2D eigenvalue weighted by atomic mass is 10.1. The van der Waals surface area contributed by atoms with Crippen molar-refractivity contribution in [3.63, 3.8) is 0 Å². The third-order valence-electron chi connectivity index (χ3n) is 3.56. The van der Waals surface area contributed by atoms with Gasteiger partial charge in [0, 0.05) is 31.2 Å². The Hall–Kier alpha value is -2.17. The molecule has 5 heteroatoms. The zero-order chi connectivity index (χ0) is 13.9. The third kappa shape index (κ3) is 2.57. The van der Waals surface area contributed by atoms with Gasteiger partial charge < -0.3 is 10.2 Å². The summed E-state index contributed by atoms with van der Waals surface area (Å²) >= 11 is 0. The molecule has 2 amide bonds. The van der Waals surface area contributed by atoms with Gasteiger partial charge in [-0.1, -0.05) is 12.1 Å². The number of hydrogen-bond donors (Lipinski definition) is 1. The molecular formula is C15H16FN3O. The first-order chi connectivity index (χ1) is 9.74. The van der Waals surface area contributed by atoms with Gasteiger partial charge >= 0.3 is 6.03 Å². The van der Waals surface area contributed by atoms with Crippen LogP contribution >= 0.6 is 0 Å². The van der Waals surface area contributed by atoms with Crippen LogP contribution in [-0.2, 0) is 6.54 Å². The Balaban J connectivity index is 1.70. The second-order valence-electron chi connectivity index (χ2n) is 5.01. The molecule has 20 heavy (non-hydrogen) atoms. The van der Waals surface area contributed by atoms with Gasteiger partial charge in [-0.05, 0) is 30.5 Å². The number of nitrogens with one attached hydrogen (secondary N) is 1. The number of pyridine rings is 1. The first kappa shape index (κ1) is 12.8. The molecule has 0 spiro atoms. The van der Waals surface area contributed by atoms with Gasteiger partial charge in [0.15, 0.2) is 0 Å². The quantitative estimate of drug-likeness (QED) is 0.914. The summed E-state index contributed by atoms with van der Waals surface area (Å²) in [5.41, 5.74) is 1.23. The van der Waals surface area contributed by atoms with Gasteiger partial charge in [0.05, 0.1) is 0 Å². The molecule has 1 aromatic carbocycles. The van der Waals surface area contributed by atoms with Gasteiger partial charge in [0.1, 0.15) is 11.3 Å². The fourth-order valence-electron chi connectivity index (χ4n) is 2.48. The maximum Gasteiger partial charge on any atom is 0.317 e. The van der Waals surface area contributed by atoms with Crippen LogP contribution in [-0.4, -0.2) is 29.0 Å². The number of benzene rings is 1. The van der Waals surface area contributed by atoms with Crippen LogP contribution in [0.4, 0.5) is 9.18 Å². The Morgan fingerprint density at radius 1 is 1.35 bits per heavy atom. The zero-order valence-corrected chi connectivity index (χ0v) is 11.1. The second-order valence-corrected chi connectivity index (χ2v) is 5.01. The van der Waals surface area contributed by atoms with E-state index in [0.717, 1.165) is 36.9 Å². The summed E-state index contributed by atoms with van der Waals surface area (Å²) in [4.78, 5) is 17.8. The van der Waals surface area contributed by atoms with Crippen LogP contribution in [0.3, 0.4) is 0 Å². The van der Waals surface area contributed by atoms with Gasteiger partial charge in [-0.25, -0.2) is 9.18 Å². The fourth-order valence-corrected chi connectivity index (χ4v) is 2.48. The van der Waals surface area contributed by atoms with E-state index >= 15 is 0 Å². The Bertz CT molecular complexity index is 638. The molecule has 4 nitrogen and oxygen atoms in total. The molecule has 0 aliphatic carbocycles. The molecule has 104 valence electrons. The maximum absolute atomic E-state index is 13.5. The molecule has 1 saturated heterocycles. The minimum absolute atomic E-state index is 0.0400. The molecule has 0 bridgehead atoms. The van der Waals surface area contributed by atoms with Crippen molar-refractivity contribution in [2.24, 2.45) is 0 Å². The predicted octanol–water partition coefficient (Wildman–Crippen LogP) is 2.68. The number of para-hydroxylation sites is 1. The van der Waals surface area contributed by atoms with Crippen molar-refractivity contribution in [3.8, 4) is 0 Å². The van der Waals surface area contributed by atoms with Crippen LogP contribution in [0.15, 0.2) is 30.5 Å². The SMILES string of the molecule is O=C(NCc1cnc2c(F)cccc2c1)N1CCCC1. The lowest BCUT2D eigenvalue weighted by Crippen LogP contribution is -2.37. The van der Waals surface area contributed by atoms with Crippen LogP contribution in [0.5, 0.6) is 0 Å². The molecule has 1 aliphatic rings. The summed E-state index contributed by atoms with van der Waals surface area (Å²) < 4.78 is 13.5. The topological polar surface area (TPSA) is 45.2 Å². The molecule has 0 unspecified atom stereocenters. The summed E-state index contributed by atoms with van der Waals surface area (Å²) in [7, 11) is 0. The highest BCUT2D eigenvalue weighted by atomic mass is 19.1. The Morgan fingerprint density at radius 2 is 2.15 bits per heavy atom. The molecule has 1 N–H and O–H groups in total. The van der Waals surface area contributed by atoms with Crippen LogP contribution in [0, 0.1) is 5.82 Å². The van der Waals surface area contributed by atoms with Crippen molar-refractivity contribution < 1.29 is 9.18 Å². The second kappa shape index (κ2) is 5.45. The molecule has 0 saturated carbocycles. The van der Waals surface area contributed by atoms with Crippen molar-refractivity contribution >= 4 is 16.9 Å². The van der Waals surface area contributed by atoms with E-state index in [9.17, 15) is 9.18 Å². The van der Waals surface area contributed by atoms with E-state index in [-0.39, 0.29) is 11.8 Å². The van der Waals surface area contributed by atoms with E-state index in [0.29, 0.717) is 12.1 Å². The number of hydrogen-bond acceptors (Lipinski definition) is 2. The highest BCUT2D eigenvalue weighted by Crippen LogP contribution is 2.16. The summed E-state index contributed by atoms with van der Waals surface area (Å²) in [6, 6.07) is 6.69. The summed E-state index contributed by atoms with van der Waals surface area (Å²) in [6.45, 7) is 2.06. The number of urea groups is 1. The highest BCUT2D eigenvalue weighted by Gasteiger charge is 2.17. The Morgan fingerprint density at radius 3 is 2.95 bits per heavy atom. The highest BCUT2D eigenvalue weighted by molar-refractivity contribution is 5.79. The van der Waals surface area contributed by atoms with Crippen LogP contribution in [0.25, 0.3) is 10.9 Å². The Labute approximate surface area is 116 Å². The number of carbonyl (C=O) groups is 1. The first-order valence-electron chi connectivity index (χ1n) is 6.80. The average Bonchev–Trinajstić information content (AvgIpc) is 2.99. The van der Waals surface area contributed by atoms with Crippen LogP contribution in [0.2, 0.25) is 0 Å². The van der Waals surface area contributed by atoms with E-state index in [1.165, 1.54) is 6.07 Å². The smallest absolute Gasteiger partial charge is 0.317 e. The Kier molecular flexibility index (Phi) is 3.50. The molecule has 0 atom stereocenters. The number of nitrogens with zero attached hydrogens (tertiary/aromatic N) is 2. The molecule has 1 aromatic heterocycles. The van der Waals surface area contributed by atoms with Crippen LogP contribution < -0.4 is 5.32 Å². The van der Waals surface area contributed by atoms with Crippen molar-refractivity contribution in [1.82, 2.24) is 15.2 Å². The van der Waals surface area contributed by atoms with E-state index < -0.39 is 0 Å². The minimum Gasteiger partial charge on any atom is -0.334 e. The standard InChI is InChI=1S/C15H16FN3O/c16-13-5-3-4-12-8-11(9-17-14(12)13)10-18-15(20)19-6-1-2-7-19/h3-5,8-9H,1-2,6-7,10H2,(H,18,20). The maximum atomic E-state index is 13.5. The van der Waals surface area contributed by atoms with E-state index in [4.69, 9.17) is 0 Å². The summed E-state index contributed by atoms with van der Waals surface area (Å²) in [5, 5.41) is 3.62. The largest absolute Gasteiger partial charge is 0.334 e. The van der Waals surface area contributed by atoms with Gasteiger partial charge in [-0.15, -0.1) is 0 Å². The molecule has 1 fully saturated rings. The van der Waals surface area contributed by atoms with Gasteiger partial charge in [0.25, 0.3) is 0 Å². The van der Waals surface area contributed by atoms with Gasteiger partial charge in [0.2, 0.25) is 0 Å². The monoisotopic (exact) mass is 273 g/mol. The van der Waals surface area contributed by atoms with Crippen molar-refractivity contribution in [3.05, 3.63) is 41.8 Å². The number of carbonyl (C=O) groups excluding carboxylic acids is 1. The summed E-state index contributed by atoms with van der Waals surface area (Å²) in [6.07, 6.45) is 3.75. The summed E-state index contributed by atoms with van der Waals surface area (Å²) in [5.74, 6) is -0.324. The molecule has 0 radical (unpaired) electrons. The molecular weight excluding hydrogens is 257 g/mol. The zero-order valence-electron chi connectivity index (χ0n) is 11.1. The van der Waals surface area contributed by atoms with E-state index in [2.05, 4.69) is 10.3 Å². The number of amides is 2. The minimum atomic E-state index is -0.324. The normalized spacial score (nSPS) is 14.8. The van der Waals surface area contributed by atoms with Crippen LogP contribution in [0.1, 0.15) is 18.4 Å².